The Hall–Kier alpha value is -1.36. The predicted octanol–water partition coefficient (Wildman–Crippen LogP) is 2.16. The molecule has 1 atom stereocenters. The molecule has 1 aromatic heterocycles. The van der Waals surface area contributed by atoms with Gasteiger partial charge in [-0.25, -0.2) is 9.97 Å². The van der Waals surface area contributed by atoms with Crippen molar-refractivity contribution in [3.8, 4) is 5.88 Å². The van der Waals surface area contributed by atoms with Crippen molar-refractivity contribution < 1.29 is 9.47 Å². The van der Waals surface area contributed by atoms with Crippen LogP contribution in [0.25, 0.3) is 0 Å². The van der Waals surface area contributed by atoms with Gasteiger partial charge in [0, 0.05) is 13.2 Å². The molecule has 5 heteroatoms. The van der Waals surface area contributed by atoms with Crippen LogP contribution in [0, 0.1) is 6.92 Å². The highest BCUT2D eigenvalue weighted by Gasteiger charge is 2.29. The summed E-state index contributed by atoms with van der Waals surface area (Å²) in [7, 11) is 0. The van der Waals surface area contributed by atoms with Crippen LogP contribution >= 0.6 is 0 Å². The molecule has 1 N–H and O–H groups in total. The number of nitrogens with zero attached hydrogens (tertiary/aromatic N) is 2. The van der Waals surface area contributed by atoms with Crippen LogP contribution in [0.3, 0.4) is 0 Å². The summed E-state index contributed by atoms with van der Waals surface area (Å²) < 4.78 is 11.2. The number of aromatic nitrogens is 2. The number of nitrogens with one attached hydrogen (secondary N) is 1. The van der Waals surface area contributed by atoms with Gasteiger partial charge < -0.3 is 14.8 Å². The number of ether oxygens (including phenoxy) is 2. The zero-order valence-electron chi connectivity index (χ0n) is 11.3. The molecule has 0 aromatic carbocycles. The first-order valence-corrected chi connectivity index (χ1v) is 6.47. The van der Waals surface area contributed by atoms with Crippen LogP contribution in [0.2, 0.25) is 0 Å². The largest absolute Gasteiger partial charge is 0.478 e. The van der Waals surface area contributed by atoms with Crippen molar-refractivity contribution in [2.45, 2.75) is 39.2 Å². The van der Waals surface area contributed by atoms with Gasteiger partial charge in [-0.15, -0.1) is 0 Å². The third-order valence-electron chi connectivity index (χ3n) is 3.25. The summed E-state index contributed by atoms with van der Waals surface area (Å²) in [6, 6.07) is 0. The van der Waals surface area contributed by atoms with Crippen LogP contribution in [0.5, 0.6) is 5.88 Å². The molecule has 1 aliphatic rings. The van der Waals surface area contributed by atoms with Crippen molar-refractivity contribution in [2.24, 2.45) is 0 Å². The summed E-state index contributed by atoms with van der Waals surface area (Å²) in [6.45, 7) is 8.26. The lowest BCUT2D eigenvalue weighted by molar-refractivity contribution is 0.0314. The normalized spacial score (nSPS) is 23.1. The maximum atomic E-state index is 5.74. The molecule has 5 nitrogen and oxygen atoms in total. The Bertz CT molecular complexity index is 403. The van der Waals surface area contributed by atoms with E-state index in [0.29, 0.717) is 12.5 Å². The highest BCUT2D eigenvalue weighted by Crippen LogP contribution is 2.26. The van der Waals surface area contributed by atoms with Gasteiger partial charge in [-0.2, -0.15) is 0 Å². The third-order valence-corrected chi connectivity index (χ3v) is 3.25. The van der Waals surface area contributed by atoms with Gasteiger partial charge in [-0.05, 0) is 33.6 Å². The maximum Gasteiger partial charge on any atom is 0.221 e. The summed E-state index contributed by atoms with van der Waals surface area (Å²) in [5.74, 6) is 1.47. The minimum absolute atomic E-state index is 0.0802. The highest BCUT2D eigenvalue weighted by molar-refractivity contribution is 5.47. The quantitative estimate of drug-likeness (QED) is 0.869. The number of rotatable bonds is 5. The van der Waals surface area contributed by atoms with Gasteiger partial charge in [-0.1, -0.05) is 0 Å². The molecule has 0 radical (unpaired) electrons. The first-order valence-electron chi connectivity index (χ1n) is 6.47. The molecule has 2 rings (SSSR count). The topological polar surface area (TPSA) is 56.3 Å². The second kappa shape index (κ2) is 5.52. The first kappa shape index (κ1) is 13.1. The van der Waals surface area contributed by atoms with Gasteiger partial charge in [0.15, 0.2) is 0 Å². The van der Waals surface area contributed by atoms with E-state index in [1.54, 1.807) is 0 Å². The summed E-state index contributed by atoms with van der Waals surface area (Å²) in [6.07, 6.45) is 3.74. The van der Waals surface area contributed by atoms with E-state index in [-0.39, 0.29) is 5.60 Å². The molecular formula is C13H21N3O2. The Morgan fingerprint density at radius 1 is 1.50 bits per heavy atom. The molecule has 0 saturated carbocycles. The summed E-state index contributed by atoms with van der Waals surface area (Å²) in [5.41, 5.74) is 0.865. The van der Waals surface area contributed by atoms with Crippen molar-refractivity contribution >= 4 is 5.82 Å². The van der Waals surface area contributed by atoms with E-state index in [0.717, 1.165) is 37.4 Å². The van der Waals surface area contributed by atoms with Crippen molar-refractivity contribution in [3.05, 3.63) is 11.9 Å². The number of hydrogen-bond donors (Lipinski definition) is 1. The van der Waals surface area contributed by atoms with Crippen LogP contribution in [0.15, 0.2) is 6.33 Å². The molecule has 18 heavy (non-hydrogen) atoms. The Kier molecular flexibility index (Phi) is 4.01. The van der Waals surface area contributed by atoms with E-state index in [2.05, 4.69) is 22.2 Å². The molecule has 1 saturated heterocycles. The van der Waals surface area contributed by atoms with Crippen LogP contribution in [0.1, 0.15) is 32.3 Å². The molecule has 1 aliphatic heterocycles. The predicted molar refractivity (Wildman–Crippen MR) is 70.0 cm³/mol. The van der Waals surface area contributed by atoms with Crippen molar-refractivity contribution in [1.82, 2.24) is 9.97 Å². The number of hydrogen-bond acceptors (Lipinski definition) is 5. The molecule has 2 heterocycles. The summed E-state index contributed by atoms with van der Waals surface area (Å²) in [4.78, 5) is 8.38. The maximum absolute atomic E-state index is 5.74. The molecule has 1 aromatic rings. The highest BCUT2D eigenvalue weighted by atomic mass is 16.5. The second-order valence-electron chi connectivity index (χ2n) is 4.84. The lowest BCUT2D eigenvalue weighted by Crippen LogP contribution is -2.33. The van der Waals surface area contributed by atoms with E-state index in [9.17, 15) is 0 Å². The van der Waals surface area contributed by atoms with Crippen LogP contribution < -0.4 is 10.1 Å². The summed E-state index contributed by atoms with van der Waals surface area (Å²) in [5, 5.41) is 3.34. The van der Waals surface area contributed by atoms with Gasteiger partial charge in [0.1, 0.15) is 12.1 Å². The van der Waals surface area contributed by atoms with Crippen molar-refractivity contribution in [3.63, 3.8) is 0 Å². The molecule has 100 valence electrons. The smallest absolute Gasteiger partial charge is 0.221 e. The minimum atomic E-state index is -0.0802. The lowest BCUT2D eigenvalue weighted by Gasteiger charge is -2.24. The molecule has 0 aliphatic carbocycles. The molecular weight excluding hydrogens is 230 g/mol. The van der Waals surface area contributed by atoms with Gasteiger partial charge >= 0.3 is 0 Å². The SMILES string of the molecule is CCOc1ncnc(NCC2(C)CCCO2)c1C. The monoisotopic (exact) mass is 251 g/mol. The standard InChI is InChI=1S/C13H21N3O2/c1-4-17-12-10(2)11(15-9-16-12)14-8-13(3)6-5-7-18-13/h9H,4-8H2,1-3H3,(H,14,15,16). The Labute approximate surface area is 108 Å². The van der Waals surface area contributed by atoms with E-state index >= 15 is 0 Å². The second-order valence-corrected chi connectivity index (χ2v) is 4.84. The zero-order chi connectivity index (χ0) is 13.0. The number of anilines is 1. The zero-order valence-corrected chi connectivity index (χ0v) is 11.3. The molecule has 0 bridgehead atoms. The van der Waals surface area contributed by atoms with Crippen LogP contribution in [0.4, 0.5) is 5.82 Å². The average Bonchev–Trinajstić information content (AvgIpc) is 2.78. The van der Waals surface area contributed by atoms with E-state index in [1.165, 1.54) is 6.33 Å². The Morgan fingerprint density at radius 2 is 2.33 bits per heavy atom. The van der Waals surface area contributed by atoms with Gasteiger partial charge in [-0.3, -0.25) is 0 Å². The first-order chi connectivity index (χ1) is 8.64. The Morgan fingerprint density at radius 3 is 3.00 bits per heavy atom. The van der Waals surface area contributed by atoms with Crippen LogP contribution in [-0.4, -0.2) is 35.3 Å². The fourth-order valence-electron chi connectivity index (χ4n) is 2.14. The molecule has 1 fully saturated rings. The third kappa shape index (κ3) is 2.90. The minimum Gasteiger partial charge on any atom is -0.478 e. The summed E-state index contributed by atoms with van der Waals surface area (Å²) >= 11 is 0. The van der Waals surface area contributed by atoms with Gasteiger partial charge in [0.25, 0.3) is 0 Å². The molecule has 0 spiro atoms. The van der Waals surface area contributed by atoms with Gasteiger partial charge in [0.05, 0.1) is 17.8 Å². The molecule has 1 unspecified atom stereocenters. The average molecular weight is 251 g/mol. The van der Waals surface area contributed by atoms with E-state index in [4.69, 9.17) is 9.47 Å². The van der Waals surface area contributed by atoms with Gasteiger partial charge in [0.2, 0.25) is 5.88 Å². The molecule has 0 amide bonds. The van der Waals surface area contributed by atoms with E-state index < -0.39 is 0 Å². The van der Waals surface area contributed by atoms with Crippen molar-refractivity contribution in [1.29, 1.82) is 0 Å². The Balaban J connectivity index is 2.02. The lowest BCUT2D eigenvalue weighted by atomic mass is 10.0. The van der Waals surface area contributed by atoms with E-state index in [1.807, 2.05) is 13.8 Å². The fourth-order valence-corrected chi connectivity index (χ4v) is 2.14. The van der Waals surface area contributed by atoms with Crippen LogP contribution in [-0.2, 0) is 4.74 Å². The fraction of sp³-hybridized carbons (Fsp3) is 0.692. The van der Waals surface area contributed by atoms with Crippen molar-refractivity contribution in [2.75, 3.05) is 25.1 Å².